The summed E-state index contributed by atoms with van der Waals surface area (Å²) >= 11 is 0. The molecule has 0 spiro atoms. The maximum absolute atomic E-state index is 13.6. The second kappa shape index (κ2) is 9.46. The van der Waals surface area contributed by atoms with Crippen LogP contribution in [0.2, 0.25) is 0 Å². The summed E-state index contributed by atoms with van der Waals surface area (Å²) in [4.78, 5) is 24.2. The first-order valence-electron chi connectivity index (χ1n) is 9.04. The minimum Gasteiger partial charge on any atom is -0.354 e. The van der Waals surface area contributed by atoms with Gasteiger partial charge in [0, 0.05) is 12.5 Å². The first-order valence-corrected chi connectivity index (χ1v) is 9.04. The molecule has 0 radical (unpaired) electrons. The van der Waals surface area contributed by atoms with E-state index in [1.54, 1.807) is 6.07 Å². The van der Waals surface area contributed by atoms with E-state index in [1.807, 2.05) is 60.7 Å². The number of nitrogens with one attached hydrogen (secondary N) is 2. The summed E-state index contributed by atoms with van der Waals surface area (Å²) in [6, 6.07) is 25.5. The Morgan fingerprint density at radius 3 is 1.86 bits per heavy atom. The maximum atomic E-state index is 13.6. The largest absolute Gasteiger partial charge is 0.354 e. The van der Waals surface area contributed by atoms with Crippen molar-refractivity contribution in [1.82, 2.24) is 10.6 Å². The lowest BCUT2D eigenvalue weighted by atomic mass is 9.91. The molecule has 0 aliphatic rings. The van der Waals surface area contributed by atoms with Gasteiger partial charge in [0.05, 0.1) is 12.1 Å². The van der Waals surface area contributed by atoms with Gasteiger partial charge in [-0.3, -0.25) is 9.59 Å². The molecule has 28 heavy (non-hydrogen) atoms. The summed E-state index contributed by atoms with van der Waals surface area (Å²) in [6.45, 7) is 0.173. The number of amides is 2. The lowest BCUT2D eigenvalue weighted by Gasteiger charge is -2.19. The third-order valence-electron chi connectivity index (χ3n) is 4.44. The Morgan fingerprint density at radius 2 is 1.29 bits per heavy atom. The lowest BCUT2D eigenvalue weighted by molar-refractivity contribution is -0.120. The molecule has 0 unspecified atom stereocenters. The van der Waals surface area contributed by atoms with E-state index < -0.39 is 11.7 Å². The minimum atomic E-state index is -0.617. The van der Waals surface area contributed by atoms with E-state index in [4.69, 9.17) is 0 Å². The van der Waals surface area contributed by atoms with Gasteiger partial charge in [-0.1, -0.05) is 72.8 Å². The van der Waals surface area contributed by atoms with Crippen molar-refractivity contribution in [3.63, 3.8) is 0 Å². The standard InChI is InChI=1S/C23H21FN2O2/c24-21-14-8-7-13-19(21)23(28)26-16-22(27)25-15-20(17-9-3-1-4-10-17)18-11-5-2-6-12-18/h1-14,20H,15-16H2,(H,25,27)(H,26,28). The zero-order valence-electron chi connectivity index (χ0n) is 15.3. The van der Waals surface area contributed by atoms with Crippen LogP contribution in [0.3, 0.4) is 0 Å². The molecule has 0 atom stereocenters. The molecule has 3 aromatic carbocycles. The van der Waals surface area contributed by atoms with Gasteiger partial charge in [0.2, 0.25) is 5.91 Å². The van der Waals surface area contributed by atoms with E-state index in [0.29, 0.717) is 6.54 Å². The highest BCUT2D eigenvalue weighted by atomic mass is 19.1. The van der Waals surface area contributed by atoms with Crippen LogP contribution in [0, 0.1) is 5.82 Å². The zero-order valence-corrected chi connectivity index (χ0v) is 15.3. The second-order valence-corrected chi connectivity index (χ2v) is 6.34. The first kappa shape index (κ1) is 19.3. The van der Waals surface area contributed by atoms with Crippen molar-refractivity contribution in [2.45, 2.75) is 5.92 Å². The molecule has 0 saturated carbocycles. The molecule has 5 heteroatoms. The molecule has 4 nitrogen and oxygen atoms in total. The van der Waals surface area contributed by atoms with Gasteiger partial charge in [-0.05, 0) is 23.3 Å². The summed E-state index contributed by atoms with van der Waals surface area (Å²) in [5.41, 5.74) is 2.09. The van der Waals surface area contributed by atoms with Crippen molar-refractivity contribution in [2.75, 3.05) is 13.1 Å². The Labute approximate surface area is 163 Å². The van der Waals surface area contributed by atoms with Crippen LogP contribution in [0.5, 0.6) is 0 Å². The number of rotatable bonds is 7. The summed E-state index contributed by atoms with van der Waals surface area (Å²) in [7, 11) is 0. The van der Waals surface area contributed by atoms with Gasteiger partial charge in [-0.15, -0.1) is 0 Å². The predicted octanol–water partition coefficient (Wildman–Crippen LogP) is 3.50. The number of halogens is 1. The molecule has 0 aliphatic carbocycles. The normalized spacial score (nSPS) is 10.5. The second-order valence-electron chi connectivity index (χ2n) is 6.34. The van der Waals surface area contributed by atoms with Crippen molar-refractivity contribution in [3.05, 3.63) is 107 Å². The van der Waals surface area contributed by atoms with Crippen molar-refractivity contribution < 1.29 is 14.0 Å². The molecule has 0 fully saturated rings. The van der Waals surface area contributed by atoms with Crippen LogP contribution in [-0.2, 0) is 4.79 Å². The van der Waals surface area contributed by atoms with Gasteiger partial charge in [-0.25, -0.2) is 4.39 Å². The highest BCUT2D eigenvalue weighted by Gasteiger charge is 2.16. The zero-order chi connectivity index (χ0) is 19.8. The van der Waals surface area contributed by atoms with Crippen LogP contribution < -0.4 is 10.6 Å². The van der Waals surface area contributed by atoms with Gasteiger partial charge in [0.15, 0.2) is 0 Å². The molecule has 142 valence electrons. The highest BCUT2D eigenvalue weighted by Crippen LogP contribution is 2.23. The lowest BCUT2D eigenvalue weighted by Crippen LogP contribution is -2.38. The number of hydrogen-bond acceptors (Lipinski definition) is 2. The van der Waals surface area contributed by atoms with E-state index in [1.165, 1.54) is 18.2 Å². The SMILES string of the molecule is O=C(CNC(=O)c1ccccc1F)NCC(c1ccccc1)c1ccccc1. The predicted molar refractivity (Wildman–Crippen MR) is 106 cm³/mol. The molecule has 0 bridgehead atoms. The summed E-state index contributed by atoms with van der Waals surface area (Å²) in [6.07, 6.45) is 0. The third kappa shape index (κ3) is 5.04. The van der Waals surface area contributed by atoms with Crippen LogP contribution in [0.1, 0.15) is 27.4 Å². The molecule has 0 aromatic heterocycles. The van der Waals surface area contributed by atoms with Crippen LogP contribution in [-0.4, -0.2) is 24.9 Å². The molecular weight excluding hydrogens is 355 g/mol. The smallest absolute Gasteiger partial charge is 0.254 e. The molecule has 0 heterocycles. The average molecular weight is 376 g/mol. The molecule has 2 amide bonds. The fourth-order valence-electron chi connectivity index (χ4n) is 2.98. The molecule has 2 N–H and O–H groups in total. The van der Waals surface area contributed by atoms with E-state index in [2.05, 4.69) is 10.6 Å². The molecule has 3 rings (SSSR count). The number of benzene rings is 3. The Balaban J connectivity index is 1.60. The quantitative estimate of drug-likeness (QED) is 0.663. The van der Waals surface area contributed by atoms with Gasteiger partial charge in [0.25, 0.3) is 5.91 Å². The molecular formula is C23H21FN2O2. The third-order valence-corrected chi connectivity index (χ3v) is 4.44. The van der Waals surface area contributed by atoms with E-state index in [0.717, 1.165) is 11.1 Å². The van der Waals surface area contributed by atoms with E-state index >= 15 is 0 Å². The molecule has 0 saturated heterocycles. The molecule has 0 aliphatic heterocycles. The Bertz CT molecular complexity index is 890. The minimum absolute atomic E-state index is 0.00591. The fraction of sp³-hybridized carbons (Fsp3) is 0.130. The number of carbonyl (C=O) groups is 2. The van der Waals surface area contributed by atoms with Crippen molar-refractivity contribution in [2.24, 2.45) is 0 Å². The maximum Gasteiger partial charge on any atom is 0.254 e. The summed E-state index contributed by atoms with van der Waals surface area (Å²) in [5.74, 6) is -1.57. The van der Waals surface area contributed by atoms with E-state index in [9.17, 15) is 14.0 Å². The number of carbonyl (C=O) groups excluding carboxylic acids is 2. The Morgan fingerprint density at radius 1 is 0.750 bits per heavy atom. The van der Waals surface area contributed by atoms with Crippen LogP contribution in [0.4, 0.5) is 4.39 Å². The first-order chi connectivity index (χ1) is 13.6. The van der Waals surface area contributed by atoms with Crippen molar-refractivity contribution in [3.8, 4) is 0 Å². The van der Waals surface area contributed by atoms with Crippen LogP contribution in [0.15, 0.2) is 84.9 Å². The summed E-state index contributed by atoms with van der Waals surface area (Å²) < 4.78 is 13.6. The number of hydrogen-bond donors (Lipinski definition) is 2. The monoisotopic (exact) mass is 376 g/mol. The summed E-state index contributed by atoms with van der Waals surface area (Å²) in [5, 5.41) is 5.31. The molecule has 3 aromatic rings. The van der Waals surface area contributed by atoms with Gasteiger partial charge in [0.1, 0.15) is 5.82 Å². The average Bonchev–Trinajstić information content (AvgIpc) is 2.74. The van der Waals surface area contributed by atoms with Gasteiger partial charge < -0.3 is 10.6 Å². The topological polar surface area (TPSA) is 58.2 Å². The van der Waals surface area contributed by atoms with Gasteiger partial charge in [-0.2, -0.15) is 0 Å². The van der Waals surface area contributed by atoms with Crippen molar-refractivity contribution >= 4 is 11.8 Å². The highest BCUT2D eigenvalue weighted by molar-refractivity contribution is 5.96. The van der Waals surface area contributed by atoms with E-state index in [-0.39, 0.29) is 23.9 Å². The Kier molecular flexibility index (Phi) is 6.52. The van der Waals surface area contributed by atoms with Crippen molar-refractivity contribution in [1.29, 1.82) is 0 Å². The van der Waals surface area contributed by atoms with Gasteiger partial charge >= 0.3 is 0 Å². The van der Waals surface area contributed by atoms with Crippen LogP contribution >= 0.6 is 0 Å². The Hall–Kier alpha value is -3.47. The van der Waals surface area contributed by atoms with Crippen LogP contribution in [0.25, 0.3) is 0 Å². The fourth-order valence-corrected chi connectivity index (χ4v) is 2.98.